The third kappa shape index (κ3) is 6.99. The summed E-state index contributed by atoms with van der Waals surface area (Å²) in [5.74, 6) is -2.65. The second kappa shape index (κ2) is 9.27. The van der Waals surface area contributed by atoms with Gasteiger partial charge in [0.2, 0.25) is 5.91 Å². The maximum absolute atomic E-state index is 12.1. The molecule has 1 aliphatic rings. The van der Waals surface area contributed by atoms with E-state index < -0.39 is 12.1 Å². The van der Waals surface area contributed by atoms with Crippen LogP contribution in [-0.4, -0.2) is 40.6 Å². The van der Waals surface area contributed by atoms with E-state index in [1.807, 2.05) is 23.1 Å². The fourth-order valence-electron chi connectivity index (χ4n) is 2.27. The highest BCUT2D eigenvalue weighted by atomic mass is 19.4. The van der Waals surface area contributed by atoms with Gasteiger partial charge in [-0.2, -0.15) is 13.2 Å². The van der Waals surface area contributed by atoms with Gasteiger partial charge in [0.25, 0.3) is 0 Å². The number of hydrogen-bond donors (Lipinski definition) is 2. The predicted octanol–water partition coefficient (Wildman–Crippen LogP) is 2.55. The zero-order chi connectivity index (χ0) is 18.2. The van der Waals surface area contributed by atoms with Crippen molar-refractivity contribution >= 4 is 11.9 Å². The summed E-state index contributed by atoms with van der Waals surface area (Å²) in [4.78, 5) is 22.9. The highest BCUT2D eigenvalue weighted by Gasteiger charge is 2.38. The van der Waals surface area contributed by atoms with E-state index in [0.717, 1.165) is 25.8 Å². The van der Waals surface area contributed by atoms with E-state index in [-0.39, 0.29) is 11.9 Å². The van der Waals surface area contributed by atoms with Crippen LogP contribution in [0.3, 0.4) is 0 Å². The molecular weight excluding hydrogens is 325 g/mol. The molecule has 1 heterocycles. The van der Waals surface area contributed by atoms with Crippen molar-refractivity contribution in [1.29, 1.82) is 0 Å². The van der Waals surface area contributed by atoms with Gasteiger partial charge < -0.3 is 15.7 Å². The third-order valence-electron chi connectivity index (χ3n) is 3.53. The van der Waals surface area contributed by atoms with Crippen LogP contribution in [0.25, 0.3) is 0 Å². The molecule has 0 unspecified atom stereocenters. The second-order valence-corrected chi connectivity index (χ2v) is 5.50. The van der Waals surface area contributed by atoms with Gasteiger partial charge in [-0.05, 0) is 18.4 Å². The smallest absolute Gasteiger partial charge is 0.475 e. The molecule has 24 heavy (non-hydrogen) atoms. The zero-order valence-electron chi connectivity index (χ0n) is 13.1. The number of aliphatic carboxylic acids is 1. The number of carboxylic acid groups (broad SMARTS) is 1. The number of likely N-dealkylation sites (tertiary alicyclic amines) is 1. The van der Waals surface area contributed by atoms with Crippen molar-refractivity contribution < 1.29 is 27.9 Å². The molecule has 1 aromatic carbocycles. The lowest BCUT2D eigenvalue weighted by Crippen LogP contribution is -2.44. The maximum atomic E-state index is 12.1. The van der Waals surface area contributed by atoms with Crippen LogP contribution in [0.5, 0.6) is 0 Å². The Kier molecular flexibility index (Phi) is 7.70. The molecule has 1 fully saturated rings. The van der Waals surface area contributed by atoms with E-state index in [0.29, 0.717) is 6.54 Å². The molecule has 0 bridgehead atoms. The van der Waals surface area contributed by atoms with E-state index >= 15 is 0 Å². The number of nitrogens with two attached hydrogens (primary N) is 1. The minimum Gasteiger partial charge on any atom is -0.475 e. The summed E-state index contributed by atoms with van der Waals surface area (Å²) in [6.07, 6.45) is -0.923. The Morgan fingerprint density at radius 3 is 2.33 bits per heavy atom. The van der Waals surface area contributed by atoms with Crippen molar-refractivity contribution in [1.82, 2.24) is 4.90 Å². The highest BCUT2D eigenvalue weighted by molar-refractivity contribution is 5.81. The summed E-state index contributed by atoms with van der Waals surface area (Å²) >= 11 is 0. The normalized spacial score (nSPS) is 18.9. The van der Waals surface area contributed by atoms with Gasteiger partial charge in [-0.1, -0.05) is 43.2 Å². The first-order valence-electron chi connectivity index (χ1n) is 7.60. The number of alkyl halides is 3. The van der Waals surface area contributed by atoms with E-state index in [2.05, 4.69) is 12.1 Å². The molecule has 0 aliphatic carbocycles. The average Bonchev–Trinajstić information content (AvgIpc) is 2.52. The Labute approximate surface area is 138 Å². The third-order valence-corrected chi connectivity index (χ3v) is 3.53. The van der Waals surface area contributed by atoms with Crippen molar-refractivity contribution in [3.8, 4) is 0 Å². The van der Waals surface area contributed by atoms with E-state index in [1.165, 1.54) is 12.0 Å². The van der Waals surface area contributed by atoms with Gasteiger partial charge in [-0.3, -0.25) is 4.79 Å². The molecule has 0 aromatic heterocycles. The first-order valence-corrected chi connectivity index (χ1v) is 7.60. The number of hydrogen-bond acceptors (Lipinski definition) is 3. The Morgan fingerprint density at radius 2 is 1.79 bits per heavy atom. The van der Waals surface area contributed by atoms with Gasteiger partial charge in [0.15, 0.2) is 0 Å². The summed E-state index contributed by atoms with van der Waals surface area (Å²) in [6, 6.07) is 9.80. The molecule has 1 aromatic rings. The van der Waals surface area contributed by atoms with Crippen LogP contribution in [0.1, 0.15) is 31.2 Å². The van der Waals surface area contributed by atoms with E-state index in [4.69, 9.17) is 15.6 Å². The van der Waals surface area contributed by atoms with Crippen molar-refractivity contribution in [2.75, 3.05) is 6.54 Å². The summed E-state index contributed by atoms with van der Waals surface area (Å²) in [6.45, 7) is 1.52. The van der Waals surface area contributed by atoms with Crippen molar-refractivity contribution in [2.24, 2.45) is 5.73 Å². The summed E-state index contributed by atoms with van der Waals surface area (Å²) in [5.41, 5.74) is 7.08. The van der Waals surface area contributed by atoms with Gasteiger partial charge in [0, 0.05) is 13.1 Å². The molecule has 3 N–H and O–H groups in total. The number of rotatable bonds is 2. The Balaban J connectivity index is 0.000000351. The maximum Gasteiger partial charge on any atom is 0.490 e. The molecule has 2 rings (SSSR count). The average molecular weight is 346 g/mol. The molecule has 1 atom stereocenters. The lowest BCUT2D eigenvalue weighted by Gasteiger charge is -2.28. The monoisotopic (exact) mass is 346 g/mol. The number of amides is 1. The topological polar surface area (TPSA) is 83.6 Å². The molecule has 1 saturated heterocycles. The van der Waals surface area contributed by atoms with Crippen LogP contribution in [-0.2, 0) is 16.1 Å². The minimum atomic E-state index is -5.08. The number of halogens is 3. The van der Waals surface area contributed by atoms with E-state index in [9.17, 15) is 18.0 Å². The minimum absolute atomic E-state index is 0.105. The molecule has 1 aliphatic heterocycles. The van der Waals surface area contributed by atoms with Gasteiger partial charge >= 0.3 is 12.1 Å². The van der Waals surface area contributed by atoms with Crippen LogP contribution in [0, 0.1) is 0 Å². The Hall–Kier alpha value is -2.09. The highest BCUT2D eigenvalue weighted by Crippen LogP contribution is 2.14. The number of benzene rings is 1. The van der Waals surface area contributed by atoms with Crippen molar-refractivity contribution in [3.63, 3.8) is 0 Å². The number of carbonyl (C=O) groups is 2. The van der Waals surface area contributed by atoms with Crippen molar-refractivity contribution in [3.05, 3.63) is 35.9 Å². The van der Waals surface area contributed by atoms with E-state index in [1.54, 1.807) is 0 Å². The molecule has 134 valence electrons. The van der Waals surface area contributed by atoms with Crippen LogP contribution in [0.2, 0.25) is 0 Å². The SMILES string of the molecule is N[C@H]1CCCCCN(Cc2ccccc2)C1=O.O=C(O)C(F)(F)F. The quantitative estimate of drug-likeness (QED) is 0.862. The Morgan fingerprint density at radius 1 is 1.21 bits per heavy atom. The van der Waals surface area contributed by atoms with Gasteiger partial charge in [0.05, 0.1) is 6.04 Å². The van der Waals surface area contributed by atoms with Crippen molar-refractivity contribution in [2.45, 2.75) is 44.4 Å². The predicted molar refractivity (Wildman–Crippen MR) is 82.0 cm³/mol. The number of carboxylic acids is 1. The fourth-order valence-corrected chi connectivity index (χ4v) is 2.27. The van der Waals surface area contributed by atoms with Crippen LogP contribution in [0.4, 0.5) is 13.2 Å². The second-order valence-electron chi connectivity index (χ2n) is 5.50. The zero-order valence-corrected chi connectivity index (χ0v) is 13.1. The standard InChI is InChI=1S/C14H20N2O.C2HF3O2/c15-13-9-5-2-6-10-16(14(13)17)11-12-7-3-1-4-8-12;3-2(4,5)1(6)7/h1,3-4,7-8,13H,2,5-6,9-11,15H2;(H,6,7)/t13-;/m0./s1. The lowest BCUT2D eigenvalue weighted by molar-refractivity contribution is -0.192. The number of carbonyl (C=O) groups excluding carboxylic acids is 1. The van der Waals surface area contributed by atoms with Crippen LogP contribution in [0.15, 0.2) is 30.3 Å². The van der Waals surface area contributed by atoms with Crippen LogP contribution >= 0.6 is 0 Å². The van der Waals surface area contributed by atoms with Gasteiger partial charge in [0.1, 0.15) is 0 Å². The summed E-state index contributed by atoms with van der Waals surface area (Å²) in [7, 11) is 0. The molecule has 1 amide bonds. The Bertz CT molecular complexity index is 535. The molecule has 0 saturated carbocycles. The lowest BCUT2D eigenvalue weighted by atomic mass is 10.0. The molecule has 8 heteroatoms. The molecule has 5 nitrogen and oxygen atoms in total. The number of nitrogens with zero attached hydrogens (tertiary/aromatic N) is 1. The summed E-state index contributed by atoms with van der Waals surface area (Å²) in [5, 5.41) is 7.12. The summed E-state index contributed by atoms with van der Waals surface area (Å²) < 4.78 is 31.7. The first kappa shape index (κ1) is 20.0. The fraction of sp³-hybridized carbons (Fsp3) is 0.500. The largest absolute Gasteiger partial charge is 0.490 e. The first-order chi connectivity index (χ1) is 11.2. The molecule has 0 radical (unpaired) electrons. The van der Waals surface area contributed by atoms with Crippen LogP contribution < -0.4 is 5.73 Å². The molecular formula is C16H21F3N2O3. The van der Waals surface area contributed by atoms with Gasteiger partial charge in [-0.25, -0.2) is 4.79 Å². The van der Waals surface area contributed by atoms with Gasteiger partial charge in [-0.15, -0.1) is 0 Å². The molecule has 0 spiro atoms.